The predicted molar refractivity (Wildman–Crippen MR) is 47.8 cm³/mol. The van der Waals surface area contributed by atoms with Gasteiger partial charge in [-0.2, -0.15) is 0 Å². The van der Waals surface area contributed by atoms with Crippen LogP contribution in [0.1, 0.15) is 5.56 Å². The van der Waals surface area contributed by atoms with E-state index < -0.39 is 10.7 Å². The van der Waals surface area contributed by atoms with Crippen molar-refractivity contribution in [1.29, 1.82) is 0 Å². The number of halogens is 1. The fourth-order valence-electron chi connectivity index (χ4n) is 1.20. The van der Waals surface area contributed by atoms with Crippen LogP contribution in [-0.2, 0) is 0 Å². The molecule has 0 saturated heterocycles. The zero-order valence-electron chi connectivity index (χ0n) is 7.02. The van der Waals surface area contributed by atoms with Gasteiger partial charge < -0.3 is 0 Å². The Bertz CT molecular complexity index is 525. The first-order valence-corrected chi connectivity index (χ1v) is 5.20. The summed E-state index contributed by atoms with van der Waals surface area (Å²) in [4.78, 5) is 10.1. The number of benzene rings is 1. The van der Waals surface area contributed by atoms with Crippen molar-refractivity contribution in [2.24, 2.45) is 0 Å². The molecule has 1 aromatic carbocycles. The maximum absolute atomic E-state index is 13.2. The maximum atomic E-state index is 13.2. The monoisotopic (exact) mass is 261 g/mol. The molecule has 0 aliphatic heterocycles. The molecule has 1 heterocycles. The van der Waals surface area contributed by atoms with Crippen LogP contribution in [0.4, 0.5) is 10.1 Å². The molecule has 0 atom stereocenters. The Balaban J connectivity index is 2.93. The van der Waals surface area contributed by atoms with Gasteiger partial charge in [-0.05, 0) is 0 Å². The van der Waals surface area contributed by atoms with E-state index in [1.165, 1.54) is 13.0 Å². The van der Waals surface area contributed by atoms with Crippen molar-refractivity contribution in [1.82, 2.24) is 7.96 Å². The van der Waals surface area contributed by atoms with E-state index in [1.54, 1.807) is 0 Å². The number of nitro groups is 1. The molecular weight excluding hydrogens is 256 g/mol. The number of aromatic nitrogens is 2. The van der Waals surface area contributed by atoms with Gasteiger partial charge in [-0.15, -0.1) is 0 Å². The van der Waals surface area contributed by atoms with Gasteiger partial charge in [0.15, 0.2) is 0 Å². The summed E-state index contributed by atoms with van der Waals surface area (Å²) in [5.41, 5.74) is 0.266. The van der Waals surface area contributed by atoms with E-state index >= 15 is 0 Å². The molecule has 72 valence electrons. The molecule has 2 aromatic rings. The van der Waals surface area contributed by atoms with Crippen LogP contribution in [0.2, 0.25) is 0 Å². The summed E-state index contributed by atoms with van der Waals surface area (Å²) in [5, 5.41) is 10.7. The van der Waals surface area contributed by atoms with Crippen molar-refractivity contribution in [2.75, 3.05) is 0 Å². The molecule has 0 amide bonds. The van der Waals surface area contributed by atoms with E-state index in [1.807, 2.05) is 0 Å². The summed E-state index contributed by atoms with van der Waals surface area (Å²) >= 11 is -0.382. The number of nitro benzene ring substituents is 1. The Labute approximate surface area is 83.9 Å². The Hall–Kier alpha value is -1.33. The summed E-state index contributed by atoms with van der Waals surface area (Å²) < 4.78 is 21.0. The van der Waals surface area contributed by atoms with Crippen LogP contribution >= 0.6 is 0 Å². The third-order valence-electron chi connectivity index (χ3n) is 1.90. The van der Waals surface area contributed by atoms with Gasteiger partial charge in [0.25, 0.3) is 0 Å². The van der Waals surface area contributed by atoms with Gasteiger partial charge in [-0.25, -0.2) is 0 Å². The minimum atomic E-state index is -0.613. The Morgan fingerprint density at radius 2 is 2.29 bits per heavy atom. The van der Waals surface area contributed by atoms with Gasteiger partial charge in [0, 0.05) is 0 Å². The minimum absolute atomic E-state index is 0.0189. The summed E-state index contributed by atoms with van der Waals surface area (Å²) in [6.07, 6.45) is 0. The number of hydrogen-bond donors (Lipinski definition) is 0. The van der Waals surface area contributed by atoms with E-state index in [4.69, 9.17) is 0 Å². The first kappa shape index (κ1) is 9.23. The van der Waals surface area contributed by atoms with Gasteiger partial charge >= 0.3 is 83.4 Å². The Kier molecular flexibility index (Phi) is 2.05. The molecule has 14 heavy (non-hydrogen) atoms. The van der Waals surface area contributed by atoms with E-state index in [2.05, 4.69) is 7.96 Å². The quantitative estimate of drug-likeness (QED) is 0.436. The molecule has 0 bridgehead atoms. The first-order chi connectivity index (χ1) is 6.61. The summed E-state index contributed by atoms with van der Waals surface area (Å²) in [5.74, 6) is -0.605. The molecule has 2 rings (SSSR count). The molecule has 0 N–H and O–H groups in total. The van der Waals surface area contributed by atoms with Gasteiger partial charge in [0.2, 0.25) is 0 Å². The van der Waals surface area contributed by atoms with Crippen LogP contribution in [0, 0.1) is 22.9 Å². The molecule has 7 heteroatoms. The topological polar surface area (TPSA) is 68.9 Å². The van der Waals surface area contributed by atoms with Gasteiger partial charge in [0.05, 0.1) is 0 Å². The molecule has 0 aliphatic carbocycles. The number of hydrogen-bond acceptors (Lipinski definition) is 4. The van der Waals surface area contributed by atoms with Crippen LogP contribution in [0.3, 0.4) is 0 Å². The van der Waals surface area contributed by atoms with Crippen LogP contribution < -0.4 is 0 Å². The number of rotatable bonds is 1. The molecule has 0 radical (unpaired) electrons. The molecule has 0 unspecified atom stereocenters. The summed E-state index contributed by atoms with van der Waals surface area (Å²) in [6.45, 7) is 1.37. The third-order valence-corrected chi connectivity index (χ3v) is 3.04. The van der Waals surface area contributed by atoms with Crippen LogP contribution in [0.25, 0.3) is 11.0 Å². The van der Waals surface area contributed by atoms with Crippen LogP contribution in [0.5, 0.6) is 0 Å². The third kappa shape index (κ3) is 1.21. The predicted octanol–water partition coefficient (Wildman–Crippen LogP) is 1.04. The van der Waals surface area contributed by atoms with Gasteiger partial charge in [0.1, 0.15) is 0 Å². The SMILES string of the molecule is Cc1c(F)cc2n[se]nc2c1[N+](=O)[O-]. The number of nitrogens with zero attached hydrogens (tertiary/aromatic N) is 3. The molecule has 0 spiro atoms. The molecular formula is C7H4FN3O2Se. The Morgan fingerprint density at radius 1 is 1.57 bits per heavy atom. The second-order valence-corrected chi connectivity index (χ2v) is 3.83. The average molecular weight is 260 g/mol. The standard InChI is InChI=1S/C7H4FN3O2Se/c1-3-4(8)2-5-6(10-14-9-5)7(3)11(12)13/h2H,1H3. The van der Waals surface area contributed by atoms with Gasteiger partial charge in [-0.1, -0.05) is 0 Å². The van der Waals surface area contributed by atoms with Crippen LogP contribution in [-0.4, -0.2) is 27.8 Å². The molecule has 5 nitrogen and oxygen atoms in total. The van der Waals surface area contributed by atoms with Crippen molar-refractivity contribution < 1.29 is 9.31 Å². The molecule has 0 aliphatic rings. The van der Waals surface area contributed by atoms with Crippen molar-refractivity contribution >= 4 is 31.7 Å². The van der Waals surface area contributed by atoms with E-state index in [0.29, 0.717) is 5.52 Å². The summed E-state index contributed by atoms with van der Waals surface area (Å²) in [7, 11) is 0. The van der Waals surface area contributed by atoms with Crippen molar-refractivity contribution in [2.45, 2.75) is 6.92 Å². The fraction of sp³-hybridized carbons (Fsp3) is 0.143. The normalized spacial score (nSPS) is 10.7. The van der Waals surface area contributed by atoms with E-state index in [9.17, 15) is 14.5 Å². The van der Waals surface area contributed by atoms with Crippen molar-refractivity contribution in [3.63, 3.8) is 0 Å². The zero-order chi connectivity index (χ0) is 10.3. The average Bonchev–Trinajstić information content (AvgIpc) is 2.52. The second-order valence-electron chi connectivity index (χ2n) is 2.72. The first-order valence-electron chi connectivity index (χ1n) is 3.67. The Morgan fingerprint density at radius 3 is 2.93 bits per heavy atom. The van der Waals surface area contributed by atoms with E-state index in [-0.39, 0.29) is 31.7 Å². The second kappa shape index (κ2) is 3.11. The molecule has 0 saturated carbocycles. The van der Waals surface area contributed by atoms with E-state index in [0.717, 1.165) is 0 Å². The van der Waals surface area contributed by atoms with Crippen LogP contribution in [0.15, 0.2) is 6.07 Å². The number of fused-ring (bicyclic) bond motifs is 1. The van der Waals surface area contributed by atoms with Gasteiger partial charge in [-0.3, -0.25) is 0 Å². The fourth-order valence-corrected chi connectivity index (χ4v) is 2.31. The van der Waals surface area contributed by atoms with Crippen molar-refractivity contribution in [3.05, 3.63) is 27.6 Å². The zero-order valence-corrected chi connectivity index (χ0v) is 8.73. The summed E-state index contributed by atoms with van der Waals surface area (Å²) in [6, 6.07) is 1.19. The molecule has 1 aromatic heterocycles. The molecule has 0 fully saturated rings. The van der Waals surface area contributed by atoms with Crippen molar-refractivity contribution in [3.8, 4) is 0 Å².